The molecule has 0 aliphatic rings. The molecule has 0 fully saturated rings. The first-order chi connectivity index (χ1) is 7.80. The summed E-state index contributed by atoms with van der Waals surface area (Å²) in [5, 5.41) is 3.18. The normalized spacial score (nSPS) is 15.2. The van der Waals surface area contributed by atoms with E-state index in [9.17, 15) is 4.79 Å². The molecule has 1 amide bonds. The second kappa shape index (κ2) is 7.67. The number of nitrogens with one attached hydrogen (secondary N) is 1. The van der Waals surface area contributed by atoms with Gasteiger partial charge in [0.1, 0.15) is 0 Å². The van der Waals surface area contributed by atoms with Crippen molar-refractivity contribution in [2.24, 2.45) is 17.6 Å². The van der Waals surface area contributed by atoms with Crippen LogP contribution in [0.4, 0.5) is 0 Å². The Labute approximate surface area is 105 Å². The molecule has 0 heterocycles. The first-order valence-electron chi connectivity index (χ1n) is 6.43. The van der Waals surface area contributed by atoms with E-state index >= 15 is 0 Å². The summed E-state index contributed by atoms with van der Waals surface area (Å²) in [4.78, 5) is 11.4. The lowest BCUT2D eigenvalue weighted by Gasteiger charge is -2.31. The van der Waals surface area contributed by atoms with E-state index in [2.05, 4.69) is 19.2 Å². The number of hydrogen-bond acceptors (Lipinski definition) is 3. The Morgan fingerprint density at radius 2 is 1.88 bits per heavy atom. The predicted molar refractivity (Wildman–Crippen MR) is 70.7 cm³/mol. The Balaban J connectivity index is 3.81. The molecule has 1 atom stereocenters. The van der Waals surface area contributed by atoms with Gasteiger partial charge < -0.3 is 15.8 Å². The van der Waals surface area contributed by atoms with Gasteiger partial charge in [-0.3, -0.25) is 4.79 Å². The molecule has 102 valence electrons. The number of ether oxygens (including phenoxy) is 1. The quantitative estimate of drug-likeness (QED) is 0.605. The van der Waals surface area contributed by atoms with Crippen LogP contribution in [-0.2, 0) is 9.53 Å². The van der Waals surface area contributed by atoms with Gasteiger partial charge in [0.15, 0.2) is 0 Å². The molecule has 0 aromatic rings. The van der Waals surface area contributed by atoms with E-state index in [1.807, 2.05) is 20.8 Å². The summed E-state index contributed by atoms with van der Waals surface area (Å²) in [5.74, 6) is 0.514. The number of nitrogens with two attached hydrogens (primary N) is 1. The topological polar surface area (TPSA) is 64.3 Å². The predicted octanol–water partition coefficient (Wildman–Crippen LogP) is 1.54. The van der Waals surface area contributed by atoms with Gasteiger partial charge in [0.25, 0.3) is 0 Å². The molecule has 3 N–H and O–H groups in total. The van der Waals surface area contributed by atoms with E-state index in [4.69, 9.17) is 10.5 Å². The van der Waals surface area contributed by atoms with Gasteiger partial charge in [-0.25, -0.2) is 0 Å². The smallest absolute Gasteiger partial charge is 0.237 e. The highest BCUT2D eigenvalue weighted by Crippen LogP contribution is 2.15. The second-order valence-electron chi connectivity index (χ2n) is 5.44. The van der Waals surface area contributed by atoms with Crippen LogP contribution in [0, 0.1) is 11.8 Å². The van der Waals surface area contributed by atoms with E-state index in [0.717, 1.165) is 13.0 Å². The van der Waals surface area contributed by atoms with E-state index in [0.29, 0.717) is 19.1 Å². The molecule has 0 radical (unpaired) electrons. The molecule has 4 heteroatoms. The number of hydrogen-bond donors (Lipinski definition) is 2. The van der Waals surface area contributed by atoms with Crippen LogP contribution in [-0.4, -0.2) is 31.2 Å². The molecule has 0 bridgehead atoms. The standard InChI is InChI=1S/C13H28N2O2/c1-10(2)6-8-17-9-7-15-13(5,11(3)4)12(14)16/h10-11,15H,6-9H2,1-5H3,(H2,14,16). The average Bonchev–Trinajstić information content (AvgIpc) is 2.21. The van der Waals surface area contributed by atoms with Gasteiger partial charge in [-0.15, -0.1) is 0 Å². The van der Waals surface area contributed by atoms with Crippen LogP contribution in [0.3, 0.4) is 0 Å². The maximum absolute atomic E-state index is 11.4. The monoisotopic (exact) mass is 244 g/mol. The van der Waals surface area contributed by atoms with Crippen LogP contribution in [0.5, 0.6) is 0 Å². The minimum atomic E-state index is -0.651. The molecule has 0 saturated heterocycles. The molecule has 0 rings (SSSR count). The minimum absolute atomic E-state index is 0.163. The molecular formula is C13H28N2O2. The molecular weight excluding hydrogens is 216 g/mol. The van der Waals surface area contributed by atoms with Crippen LogP contribution in [0.2, 0.25) is 0 Å². The molecule has 0 aliphatic carbocycles. The maximum atomic E-state index is 11.4. The van der Waals surface area contributed by atoms with Gasteiger partial charge in [-0.2, -0.15) is 0 Å². The molecule has 0 aliphatic heterocycles. The number of carbonyl (C=O) groups is 1. The molecule has 4 nitrogen and oxygen atoms in total. The van der Waals surface area contributed by atoms with E-state index in [1.165, 1.54) is 0 Å². The third-order valence-electron chi connectivity index (χ3n) is 3.24. The van der Waals surface area contributed by atoms with Crippen molar-refractivity contribution >= 4 is 5.91 Å². The molecule has 0 aromatic heterocycles. The van der Waals surface area contributed by atoms with Crippen LogP contribution in [0.25, 0.3) is 0 Å². The third-order valence-corrected chi connectivity index (χ3v) is 3.24. The van der Waals surface area contributed by atoms with Crippen molar-refractivity contribution < 1.29 is 9.53 Å². The Morgan fingerprint density at radius 3 is 2.29 bits per heavy atom. The van der Waals surface area contributed by atoms with Crippen molar-refractivity contribution in [2.45, 2.75) is 46.6 Å². The fraction of sp³-hybridized carbons (Fsp3) is 0.923. The zero-order valence-electron chi connectivity index (χ0n) is 11.9. The van der Waals surface area contributed by atoms with Crippen molar-refractivity contribution in [2.75, 3.05) is 19.8 Å². The highest BCUT2D eigenvalue weighted by molar-refractivity contribution is 5.84. The fourth-order valence-corrected chi connectivity index (χ4v) is 1.38. The second-order valence-corrected chi connectivity index (χ2v) is 5.44. The zero-order chi connectivity index (χ0) is 13.5. The maximum Gasteiger partial charge on any atom is 0.237 e. The molecule has 0 saturated carbocycles. The number of primary amides is 1. The van der Waals surface area contributed by atoms with Crippen LogP contribution in [0.1, 0.15) is 41.0 Å². The molecule has 1 unspecified atom stereocenters. The van der Waals surface area contributed by atoms with Gasteiger partial charge in [-0.1, -0.05) is 27.7 Å². The van der Waals surface area contributed by atoms with Crippen molar-refractivity contribution in [1.29, 1.82) is 0 Å². The van der Waals surface area contributed by atoms with Gasteiger partial charge in [0.2, 0.25) is 5.91 Å². The number of rotatable bonds is 9. The largest absolute Gasteiger partial charge is 0.380 e. The van der Waals surface area contributed by atoms with Gasteiger partial charge >= 0.3 is 0 Å². The highest BCUT2D eigenvalue weighted by atomic mass is 16.5. The SMILES string of the molecule is CC(C)CCOCCNC(C)(C(N)=O)C(C)C. The summed E-state index contributed by atoms with van der Waals surface area (Å²) in [6.07, 6.45) is 1.07. The summed E-state index contributed by atoms with van der Waals surface area (Å²) < 4.78 is 5.48. The lowest BCUT2D eigenvalue weighted by atomic mass is 9.88. The molecule has 0 aromatic carbocycles. The highest BCUT2D eigenvalue weighted by Gasteiger charge is 2.33. The van der Waals surface area contributed by atoms with E-state index in [-0.39, 0.29) is 11.8 Å². The average molecular weight is 244 g/mol. The summed E-state index contributed by atoms with van der Waals surface area (Å²) in [5.41, 5.74) is 4.76. The number of amides is 1. The van der Waals surface area contributed by atoms with E-state index < -0.39 is 5.54 Å². The van der Waals surface area contributed by atoms with Crippen molar-refractivity contribution in [3.8, 4) is 0 Å². The molecule has 0 spiro atoms. The zero-order valence-corrected chi connectivity index (χ0v) is 11.9. The van der Waals surface area contributed by atoms with Gasteiger partial charge in [0.05, 0.1) is 12.1 Å². The Morgan fingerprint density at radius 1 is 1.29 bits per heavy atom. The first kappa shape index (κ1) is 16.4. The molecule has 17 heavy (non-hydrogen) atoms. The van der Waals surface area contributed by atoms with E-state index in [1.54, 1.807) is 0 Å². The third kappa shape index (κ3) is 6.03. The summed E-state index contributed by atoms with van der Waals surface area (Å²) >= 11 is 0. The summed E-state index contributed by atoms with van der Waals surface area (Å²) in [6.45, 7) is 12.2. The van der Waals surface area contributed by atoms with Gasteiger partial charge in [-0.05, 0) is 25.2 Å². The van der Waals surface area contributed by atoms with Crippen LogP contribution < -0.4 is 11.1 Å². The Bertz CT molecular complexity index is 229. The van der Waals surface area contributed by atoms with Crippen LogP contribution >= 0.6 is 0 Å². The van der Waals surface area contributed by atoms with Crippen molar-refractivity contribution in [1.82, 2.24) is 5.32 Å². The number of carbonyl (C=O) groups excluding carboxylic acids is 1. The lowest BCUT2D eigenvalue weighted by Crippen LogP contribution is -2.57. The Hall–Kier alpha value is -0.610. The van der Waals surface area contributed by atoms with Crippen molar-refractivity contribution in [3.05, 3.63) is 0 Å². The summed E-state index contributed by atoms with van der Waals surface area (Å²) in [6, 6.07) is 0. The van der Waals surface area contributed by atoms with Crippen molar-refractivity contribution in [3.63, 3.8) is 0 Å². The summed E-state index contributed by atoms with van der Waals surface area (Å²) in [7, 11) is 0. The fourth-order valence-electron chi connectivity index (χ4n) is 1.38. The Kier molecular flexibility index (Phi) is 7.39. The van der Waals surface area contributed by atoms with Gasteiger partial charge in [0, 0.05) is 13.2 Å². The minimum Gasteiger partial charge on any atom is -0.380 e. The first-order valence-corrected chi connectivity index (χ1v) is 6.43. The lowest BCUT2D eigenvalue weighted by molar-refractivity contribution is -0.125. The van der Waals surface area contributed by atoms with Crippen LogP contribution in [0.15, 0.2) is 0 Å².